The van der Waals surface area contributed by atoms with Gasteiger partial charge in [-0.25, -0.2) is 0 Å². The third kappa shape index (κ3) is 4.23. The lowest BCUT2D eigenvalue weighted by atomic mass is 10.1. The molecular weight excluding hydrogens is 316 g/mol. The molecule has 0 aliphatic heterocycles. The molecular formula is C16H18N2O4S. The Kier molecular flexibility index (Phi) is 5.59. The average molecular weight is 334 g/mol. The molecule has 0 atom stereocenters. The highest BCUT2D eigenvalue weighted by molar-refractivity contribution is 7.10. The van der Waals surface area contributed by atoms with Crippen LogP contribution in [0, 0.1) is 6.92 Å². The number of rotatable bonds is 6. The molecule has 7 heteroatoms. The first kappa shape index (κ1) is 16.8. The number of hydrogen-bond donors (Lipinski definition) is 1. The monoisotopic (exact) mass is 334 g/mol. The van der Waals surface area contributed by atoms with Crippen molar-refractivity contribution in [3.8, 4) is 17.2 Å². The minimum atomic E-state index is -0.234. The van der Waals surface area contributed by atoms with Crippen LogP contribution in [0.15, 0.2) is 24.3 Å². The lowest BCUT2D eigenvalue weighted by molar-refractivity contribution is -0.111. The van der Waals surface area contributed by atoms with Gasteiger partial charge in [-0.15, -0.1) is 0 Å². The number of aromatic nitrogens is 1. The molecule has 1 aromatic carbocycles. The van der Waals surface area contributed by atoms with Crippen LogP contribution in [0.1, 0.15) is 11.3 Å². The van der Waals surface area contributed by atoms with Crippen molar-refractivity contribution in [1.82, 2.24) is 4.37 Å². The molecule has 0 bridgehead atoms. The summed E-state index contributed by atoms with van der Waals surface area (Å²) < 4.78 is 19.9. The van der Waals surface area contributed by atoms with E-state index in [0.717, 1.165) is 11.3 Å². The number of nitrogens with zero attached hydrogens (tertiary/aromatic N) is 1. The van der Waals surface area contributed by atoms with Crippen LogP contribution in [0.25, 0.3) is 6.08 Å². The molecule has 2 aromatic rings. The molecule has 6 nitrogen and oxygen atoms in total. The third-order valence-electron chi connectivity index (χ3n) is 2.99. The first-order chi connectivity index (χ1) is 11.1. The van der Waals surface area contributed by atoms with Crippen LogP contribution in [-0.2, 0) is 4.79 Å². The van der Waals surface area contributed by atoms with Gasteiger partial charge in [0.2, 0.25) is 11.7 Å². The molecule has 1 amide bonds. The van der Waals surface area contributed by atoms with Gasteiger partial charge >= 0.3 is 0 Å². The molecule has 0 radical (unpaired) electrons. The van der Waals surface area contributed by atoms with E-state index in [1.54, 1.807) is 39.5 Å². The molecule has 1 heterocycles. The lowest BCUT2D eigenvalue weighted by Crippen LogP contribution is -2.06. The number of hydrogen-bond acceptors (Lipinski definition) is 6. The zero-order valence-corrected chi connectivity index (χ0v) is 14.2. The van der Waals surface area contributed by atoms with E-state index >= 15 is 0 Å². The Morgan fingerprint density at radius 3 is 2.26 bits per heavy atom. The maximum Gasteiger partial charge on any atom is 0.249 e. The van der Waals surface area contributed by atoms with Gasteiger partial charge < -0.3 is 19.5 Å². The van der Waals surface area contributed by atoms with Crippen LogP contribution in [0.3, 0.4) is 0 Å². The van der Waals surface area contributed by atoms with Gasteiger partial charge in [0.05, 0.1) is 27.0 Å². The molecule has 1 aromatic heterocycles. The molecule has 0 aliphatic carbocycles. The second-order valence-electron chi connectivity index (χ2n) is 4.61. The number of methoxy groups -OCH3 is 3. The highest BCUT2D eigenvalue weighted by Gasteiger charge is 2.12. The number of ether oxygens (including phenoxy) is 3. The third-order valence-corrected chi connectivity index (χ3v) is 3.78. The van der Waals surface area contributed by atoms with Gasteiger partial charge in [-0.3, -0.25) is 4.79 Å². The first-order valence-electron chi connectivity index (χ1n) is 6.79. The maximum absolute atomic E-state index is 11.9. The largest absolute Gasteiger partial charge is 0.493 e. The minimum absolute atomic E-state index is 0.234. The van der Waals surface area contributed by atoms with Crippen molar-refractivity contribution in [2.45, 2.75) is 6.92 Å². The fourth-order valence-corrected chi connectivity index (χ4v) is 2.62. The summed E-state index contributed by atoms with van der Waals surface area (Å²) >= 11 is 1.24. The van der Waals surface area contributed by atoms with Gasteiger partial charge in [-0.1, -0.05) is 0 Å². The van der Waals surface area contributed by atoms with Crippen LogP contribution in [0.5, 0.6) is 17.2 Å². The van der Waals surface area contributed by atoms with Gasteiger partial charge in [0.25, 0.3) is 0 Å². The Labute approximate surface area is 138 Å². The van der Waals surface area contributed by atoms with E-state index in [1.165, 1.54) is 17.6 Å². The summed E-state index contributed by atoms with van der Waals surface area (Å²) in [5.74, 6) is 1.34. The molecule has 0 unspecified atom stereocenters. The van der Waals surface area contributed by atoms with Gasteiger partial charge in [0.15, 0.2) is 11.5 Å². The highest BCUT2D eigenvalue weighted by Crippen LogP contribution is 2.38. The van der Waals surface area contributed by atoms with Crippen molar-refractivity contribution in [3.05, 3.63) is 35.5 Å². The SMILES string of the molecule is COc1cc(C=CC(=O)Nc2cc(C)ns2)cc(OC)c1OC. The Balaban J connectivity index is 2.16. The summed E-state index contributed by atoms with van der Waals surface area (Å²) in [5, 5.41) is 3.47. The first-order valence-corrected chi connectivity index (χ1v) is 7.57. The van der Waals surface area contributed by atoms with Gasteiger partial charge in [0.1, 0.15) is 5.00 Å². The zero-order valence-electron chi connectivity index (χ0n) is 13.4. The molecule has 0 spiro atoms. The van der Waals surface area contributed by atoms with Crippen molar-refractivity contribution >= 4 is 28.5 Å². The Hall–Kier alpha value is -2.54. The van der Waals surface area contributed by atoms with Gasteiger partial charge in [-0.2, -0.15) is 4.37 Å². The standard InChI is InChI=1S/C16H18N2O4S/c1-10-7-15(23-18-10)17-14(19)6-5-11-8-12(20-2)16(22-4)13(9-11)21-3/h5-9H,1-4H3,(H,17,19). The van der Waals surface area contributed by atoms with Crippen LogP contribution in [-0.4, -0.2) is 31.6 Å². The number of nitrogens with one attached hydrogen (secondary N) is 1. The van der Waals surface area contributed by atoms with Gasteiger partial charge in [-0.05, 0) is 48.3 Å². The summed E-state index contributed by atoms with van der Waals surface area (Å²) in [6.07, 6.45) is 3.11. The number of aryl methyl sites for hydroxylation is 1. The number of anilines is 1. The smallest absolute Gasteiger partial charge is 0.249 e. The van der Waals surface area contributed by atoms with Crippen molar-refractivity contribution in [3.63, 3.8) is 0 Å². The van der Waals surface area contributed by atoms with Crippen molar-refractivity contribution < 1.29 is 19.0 Å². The van der Waals surface area contributed by atoms with E-state index in [9.17, 15) is 4.79 Å². The van der Waals surface area contributed by atoms with Crippen LogP contribution in [0.4, 0.5) is 5.00 Å². The summed E-state index contributed by atoms with van der Waals surface area (Å²) in [6, 6.07) is 5.35. The fourth-order valence-electron chi connectivity index (χ4n) is 1.96. The van der Waals surface area contributed by atoms with E-state index in [-0.39, 0.29) is 5.91 Å². The summed E-state index contributed by atoms with van der Waals surface area (Å²) in [7, 11) is 4.63. The molecule has 1 N–H and O–H groups in total. The number of carbonyl (C=O) groups is 1. The summed E-state index contributed by atoms with van der Waals surface area (Å²) in [6.45, 7) is 1.87. The number of benzene rings is 1. The minimum Gasteiger partial charge on any atom is -0.493 e. The quantitative estimate of drug-likeness (QED) is 0.822. The van der Waals surface area contributed by atoms with E-state index in [2.05, 4.69) is 9.69 Å². The summed E-state index contributed by atoms with van der Waals surface area (Å²) in [5.41, 5.74) is 1.63. The van der Waals surface area contributed by atoms with Crippen molar-refractivity contribution in [1.29, 1.82) is 0 Å². The predicted octanol–water partition coefficient (Wildman–Crippen LogP) is 3.13. The Morgan fingerprint density at radius 2 is 1.78 bits per heavy atom. The van der Waals surface area contributed by atoms with E-state index < -0.39 is 0 Å². The molecule has 0 aliphatic rings. The molecule has 122 valence electrons. The maximum atomic E-state index is 11.9. The average Bonchev–Trinajstić information content (AvgIpc) is 2.96. The highest BCUT2D eigenvalue weighted by atomic mass is 32.1. The Morgan fingerprint density at radius 1 is 1.13 bits per heavy atom. The molecule has 23 heavy (non-hydrogen) atoms. The second kappa shape index (κ2) is 7.64. The summed E-state index contributed by atoms with van der Waals surface area (Å²) in [4.78, 5) is 11.9. The van der Waals surface area contributed by atoms with Gasteiger partial charge in [0, 0.05) is 6.08 Å². The normalized spacial score (nSPS) is 10.6. The Bertz CT molecular complexity index is 700. The second-order valence-corrected chi connectivity index (χ2v) is 5.42. The molecule has 0 saturated heterocycles. The van der Waals surface area contributed by atoms with E-state index in [0.29, 0.717) is 22.2 Å². The number of carbonyl (C=O) groups excluding carboxylic acids is 1. The number of amides is 1. The molecule has 2 rings (SSSR count). The molecule has 0 saturated carbocycles. The van der Waals surface area contributed by atoms with Crippen LogP contribution in [0.2, 0.25) is 0 Å². The fraction of sp³-hybridized carbons (Fsp3) is 0.250. The van der Waals surface area contributed by atoms with Crippen LogP contribution >= 0.6 is 11.5 Å². The molecule has 0 fully saturated rings. The predicted molar refractivity (Wildman–Crippen MR) is 90.6 cm³/mol. The zero-order chi connectivity index (χ0) is 16.8. The van der Waals surface area contributed by atoms with Crippen LogP contribution < -0.4 is 19.5 Å². The van der Waals surface area contributed by atoms with Crippen molar-refractivity contribution in [2.24, 2.45) is 0 Å². The van der Waals surface area contributed by atoms with E-state index in [4.69, 9.17) is 14.2 Å². The van der Waals surface area contributed by atoms with E-state index in [1.807, 2.05) is 13.0 Å². The lowest BCUT2D eigenvalue weighted by Gasteiger charge is -2.12. The topological polar surface area (TPSA) is 69.7 Å². The van der Waals surface area contributed by atoms with Crippen molar-refractivity contribution in [2.75, 3.05) is 26.6 Å².